The predicted octanol–water partition coefficient (Wildman–Crippen LogP) is 4.37. The number of nitrogens with zero attached hydrogens (tertiary/aromatic N) is 2. The first kappa shape index (κ1) is 11.4. The van der Waals surface area contributed by atoms with E-state index in [-0.39, 0.29) is 0 Å². The van der Waals surface area contributed by atoms with Gasteiger partial charge in [-0.05, 0) is 64.3 Å². The van der Waals surface area contributed by atoms with Crippen LogP contribution >= 0.6 is 15.9 Å². The zero-order valence-electron chi connectivity index (χ0n) is 9.89. The predicted molar refractivity (Wildman–Crippen MR) is 77.4 cm³/mol. The molecule has 1 aromatic carbocycles. The van der Waals surface area contributed by atoms with E-state index in [0.29, 0.717) is 0 Å². The summed E-state index contributed by atoms with van der Waals surface area (Å²) in [6.07, 6.45) is 3.62. The lowest BCUT2D eigenvalue weighted by Crippen LogP contribution is -1.86. The van der Waals surface area contributed by atoms with E-state index in [0.717, 1.165) is 21.1 Å². The summed E-state index contributed by atoms with van der Waals surface area (Å²) in [5, 5.41) is 1.14. The molecule has 0 aliphatic carbocycles. The van der Waals surface area contributed by atoms with Crippen molar-refractivity contribution >= 4 is 26.8 Å². The van der Waals surface area contributed by atoms with Crippen molar-refractivity contribution in [3.63, 3.8) is 0 Å². The molecule has 0 atom stereocenters. The standard InChI is InChI=1S/C15H11BrN2/c1-10-14(16)9-13-8-12(2-3-15(13)18-10)11-4-6-17-7-5-11/h2-9H,1H3. The highest BCUT2D eigenvalue weighted by molar-refractivity contribution is 9.10. The summed E-state index contributed by atoms with van der Waals surface area (Å²) in [5.74, 6) is 0. The second kappa shape index (κ2) is 4.50. The van der Waals surface area contributed by atoms with Gasteiger partial charge in [-0.15, -0.1) is 0 Å². The molecule has 0 unspecified atom stereocenters. The molecule has 0 amide bonds. The summed E-state index contributed by atoms with van der Waals surface area (Å²) in [5.41, 5.74) is 4.39. The number of aromatic nitrogens is 2. The van der Waals surface area contributed by atoms with Crippen LogP contribution in [-0.4, -0.2) is 9.97 Å². The van der Waals surface area contributed by atoms with Gasteiger partial charge in [-0.2, -0.15) is 0 Å². The summed E-state index contributed by atoms with van der Waals surface area (Å²) < 4.78 is 1.04. The Morgan fingerprint density at radius 3 is 2.50 bits per heavy atom. The van der Waals surface area contributed by atoms with E-state index in [1.165, 1.54) is 11.1 Å². The molecule has 0 aliphatic heterocycles. The number of pyridine rings is 2. The average molecular weight is 299 g/mol. The highest BCUT2D eigenvalue weighted by Crippen LogP contribution is 2.26. The molecule has 0 aliphatic rings. The van der Waals surface area contributed by atoms with Crippen LogP contribution in [-0.2, 0) is 0 Å². The van der Waals surface area contributed by atoms with Gasteiger partial charge in [-0.3, -0.25) is 9.97 Å². The number of halogens is 1. The van der Waals surface area contributed by atoms with Crippen molar-refractivity contribution in [2.75, 3.05) is 0 Å². The highest BCUT2D eigenvalue weighted by atomic mass is 79.9. The van der Waals surface area contributed by atoms with Crippen molar-refractivity contribution in [3.05, 3.63) is 59.0 Å². The third-order valence-electron chi connectivity index (χ3n) is 2.96. The van der Waals surface area contributed by atoms with Crippen molar-refractivity contribution in [1.82, 2.24) is 9.97 Å². The van der Waals surface area contributed by atoms with Crippen molar-refractivity contribution in [1.29, 1.82) is 0 Å². The summed E-state index contributed by atoms with van der Waals surface area (Å²) >= 11 is 3.52. The SMILES string of the molecule is Cc1nc2ccc(-c3ccncc3)cc2cc1Br. The Morgan fingerprint density at radius 1 is 0.944 bits per heavy atom. The molecule has 0 spiro atoms. The lowest BCUT2D eigenvalue weighted by atomic mass is 10.0. The van der Waals surface area contributed by atoms with Gasteiger partial charge in [0.15, 0.2) is 0 Å². The number of benzene rings is 1. The monoisotopic (exact) mass is 298 g/mol. The third kappa shape index (κ3) is 2.02. The summed E-state index contributed by atoms with van der Waals surface area (Å²) in [7, 11) is 0. The van der Waals surface area contributed by atoms with E-state index < -0.39 is 0 Å². The largest absolute Gasteiger partial charge is 0.265 e. The number of rotatable bonds is 1. The molecule has 3 heteroatoms. The Bertz CT molecular complexity index is 708. The molecule has 3 rings (SSSR count). The van der Waals surface area contributed by atoms with E-state index in [9.17, 15) is 0 Å². The van der Waals surface area contributed by atoms with Gasteiger partial charge in [-0.25, -0.2) is 0 Å². The molecular formula is C15H11BrN2. The van der Waals surface area contributed by atoms with Gasteiger partial charge in [0.2, 0.25) is 0 Å². The maximum atomic E-state index is 4.55. The van der Waals surface area contributed by atoms with Crippen molar-refractivity contribution < 1.29 is 0 Å². The van der Waals surface area contributed by atoms with E-state index in [4.69, 9.17) is 0 Å². The maximum Gasteiger partial charge on any atom is 0.0706 e. The molecule has 0 N–H and O–H groups in total. The van der Waals surface area contributed by atoms with Crippen LogP contribution in [0.3, 0.4) is 0 Å². The maximum absolute atomic E-state index is 4.55. The van der Waals surface area contributed by atoms with Crippen molar-refractivity contribution in [2.45, 2.75) is 6.92 Å². The second-order valence-electron chi connectivity index (χ2n) is 4.20. The Kier molecular flexibility index (Phi) is 2.84. The summed E-state index contributed by atoms with van der Waals surface area (Å²) in [6, 6.07) is 12.4. The van der Waals surface area contributed by atoms with E-state index >= 15 is 0 Å². The molecule has 0 saturated heterocycles. The first-order valence-corrected chi connectivity index (χ1v) is 6.50. The lowest BCUT2D eigenvalue weighted by molar-refractivity contribution is 1.23. The molecule has 18 heavy (non-hydrogen) atoms. The Hall–Kier alpha value is -1.74. The average Bonchev–Trinajstić information content (AvgIpc) is 2.41. The van der Waals surface area contributed by atoms with E-state index in [2.05, 4.69) is 50.2 Å². The van der Waals surface area contributed by atoms with Crippen molar-refractivity contribution in [2.24, 2.45) is 0 Å². The van der Waals surface area contributed by atoms with Crippen LogP contribution in [0.4, 0.5) is 0 Å². The van der Waals surface area contributed by atoms with Gasteiger partial charge in [0, 0.05) is 22.3 Å². The van der Waals surface area contributed by atoms with E-state index in [1.54, 1.807) is 0 Å². The molecule has 0 radical (unpaired) electrons. The van der Waals surface area contributed by atoms with Crippen LogP contribution in [0.5, 0.6) is 0 Å². The van der Waals surface area contributed by atoms with Gasteiger partial charge in [0.25, 0.3) is 0 Å². The minimum atomic E-state index is 1.01. The normalized spacial score (nSPS) is 10.8. The molecule has 2 nitrogen and oxygen atoms in total. The van der Waals surface area contributed by atoms with Crippen LogP contribution in [0.1, 0.15) is 5.69 Å². The van der Waals surface area contributed by atoms with Crippen LogP contribution in [0, 0.1) is 6.92 Å². The number of hydrogen-bond donors (Lipinski definition) is 0. The van der Waals surface area contributed by atoms with Crippen LogP contribution < -0.4 is 0 Å². The molecule has 2 aromatic heterocycles. The molecule has 88 valence electrons. The molecule has 0 fully saturated rings. The third-order valence-corrected chi connectivity index (χ3v) is 3.76. The van der Waals surface area contributed by atoms with Crippen LogP contribution in [0.15, 0.2) is 53.3 Å². The van der Waals surface area contributed by atoms with Crippen molar-refractivity contribution in [3.8, 4) is 11.1 Å². The zero-order chi connectivity index (χ0) is 12.5. The number of aryl methyl sites for hydroxylation is 1. The Labute approximate surface area is 114 Å². The fourth-order valence-electron chi connectivity index (χ4n) is 1.97. The van der Waals surface area contributed by atoms with E-state index in [1.807, 2.05) is 31.5 Å². The number of fused-ring (bicyclic) bond motifs is 1. The minimum absolute atomic E-state index is 1.01. The highest BCUT2D eigenvalue weighted by Gasteiger charge is 2.03. The molecule has 2 heterocycles. The topological polar surface area (TPSA) is 25.8 Å². The van der Waals surface area contributed by atoms with Gasteiger partial charge in [0.1, 0.15) is 0 Å². The Balaban J connectivity index is 2.20. The van der Waals surface area contributed by atoms with Gasteiger partial charge < -0.3 is 0 Å². The minimum Gasteiger partial charge on any atom is -0.265 e. The molecule has 0 saturated carbocycles. The van der Waals surface area contributed by atoms with Crippen LogP contribution in [0.25, 0.3) is 22.0 Å². The molecule has 3 aromatic rings. The zero-order valence-corrected chi connectivity index (χ0v) is 11.5. The molecular weight excluding hydrogens is 288 g/mol. The quantitative estimate of drug-likeness (QED) is 0.667. The first-order valence-electron chi connectivity index (χ1n) is 5.71. The van der Waals surface area contributed by atoms with Crippen LogP contribution in [0.2, 0.25) is 0 Å². The summed E-state index contributed by atoms with van der Waals surface area (Å²) in [4.78, 5) is 8.59. The fourth-order valence-corrected chi connectivity index (χ4v) is 2.31. The smallest absolute Gasteiger partial charge is 0.0706 e. The second-order valence-corrected chi connectivity index (χ2v) is 5.05. The molecule has 0 bridgehead atoms. The first-order chi connectivity index (χ1) is 8.74. The number of hydrogen-bond acceptors (Lipinski definition) is 2. The fraction of sp³-hybridized carbons (Fsp3) is 0.0667. The Morgan fingerprint density at radius 2 is 1.72 bits per heavy atom. The lowest BCUT2D eigenvalue weighted by Gasteiger charge is -2.05. The van der Waals surface area contributed by atoms with Gasteiger partial charge >= 0.3 is 0 Å². The van der Waals surface area contributed by atoms with Gasteiger partial charge in [0.05, 0.1) is 11.2 Å². The van der Waals surface area contributed by atoms with Gasteiger partial charge in [-0.1, -0.05) is 6.07 Å². The summed E-state index contributed by atoms with van der Waals surface area (Å²) in [6.45, 7) is 2.00.